The van der Waals surface area contributed by atoms with E-state index in [9.17, 15) is 4.79 Å². The zero-order chi connectivity index (χ0) is 18.1. The van der Waals surface area contributed by atoms with E-state index in [0.717, 1.165) is 29.9 Å². The van der Waals surface area contributed by atoms with Gasteiger partial charge in [-0.25, -0.2) is 4.79 Å². The van der Waals surface area contributed by atoms with Crippen molar-refractivity contribution in [1.29, 1.82) is 0 Å². The van der Waals surface area contributed by atoms with Gasteiger partial charge in [-0.1, -0.05) is 0 Å². The fourth-order valence-electron chi connectivity index (χ4n) is 4.29. The fraction of sp³-hybridized carbons (Fsp3) is 0.579. The van der Waals surface area contributed by atoms with Gasteiger partial charge >= 0.3 is 5.97 Å². The maximum Gasteiger partial charge on any atom is 0.328 e. The van der Waals surface area contributed by atoms with Gasteiger partial charge in [-0.2, -0.15) is 0 Å². The lowest BCUT2D eigenvalue weighted by Crippen LogP contribution is -2.45. The minimum atomic E-state index is -0.433. The molecule has 3 aliphatic heterocycles. The van der Waals surface area contributed by atoms with Crippen molar-refractivity contribution in [2.24, 2.45) is 0 Å². The SMILES string of the molecule is COCCN1C2=C(CC1C(=O)OC)C1(CCOCC1)Oc1cnccc12. The van der Waals surface area contributed by atoms with Crippen LogP contribution in [0.15, 0.2) is 24.0 Å². The molecule has 0 amide bonds. The lowest BCUT2D eigenvalue weighted by atomic mass is 9.80. The van der Waals surface area contributed by atoms with Gasteiger partial charge in [0.15, 0.2) is 0 Å². The molecule has 7 heteroatoms. The summed E-state index contributed by atoms with van der Waals surface area (Å²) >= 11 is 0. The van der Waals surface area contributed by atoms with Crippen molar-refractivity contribution in [1.82, 2.24) is 9.88 Å². The van der Waals surface area contributed by atoms with Crippen molar-refractivity contribution in [2.75, 3.05) is 40.6 Å². The molecule has 4 rings (SSSR count). The topological polar surface area (TPSA) is 70.1 Å². The molecular weight excluding hydrogens is 336 g/mol. The summed E-state index contributed by atoms with van der Waals surface area (Å²) in [5.41, 5.74) is 2.79. The van der Waals surface area contributed by atoms with Crippen molar-refractivity contribution in [3.63, 3.8) is 0 Å². The van der Waals surface area contributed by atoms with Crippen LogP contribution in [-0.2, 0) is 19.0 Å². The van der Waals surface area contributed by atoms with Crippen molar-refractivity contribution in [2.45, 2.75) is 30.9 Å². The Hall–Kier alpha value is -2.12. The molecule has 1 saturated heterocycles. The van der Waals surface area contributed by atoms with Gasteiger partial charge in [-0.3, -0.25) is 4.98 Å². The largest absolute Gasteiger partial charge is 0.480 e. The van der Waals surface area contributed by atoms with Crippen molar-refractivity contribution < 1.29 is 23.7 Å². The molecule has 1 unspecified atom stereocenters. The van der Waals surface area contributed by atoms with Crippen LogP contribution < -0.4 is 4.74 Å². The highest BCUT2D eigenvalue weighted by molar-refractivity contribution is 5.86. The Balaban J connectivity index is 1.83. The smallest absolute Gasteiger partial charge is 0.328 e. The van der Waals surface area contributed by atoms with Crippen LogP contribution in [-0.4, -0.2) is 68.1 Å². The number of nitrogens with zero attached hydrogens (tertiary/aromatic N) is 2. The van der Waals surface area contributed by atoms with Crippen molar-refractivity contribution in [3.8, 4) is 5.75 Å². The predicted octanol–water partition coefficient (Wildman–Crippen LogP) is 1.63. The van der Waals surface area contributed by atoms with Crippen molar-refractivity contribution in [3.05, 3.63) is 29.6 Å². The summed E-state index contributed by atoms with van der Waals surface area (Å²) in [5, 5.41) is 0. The van der Waals surface area contributed by atoms with Gasteiger partial charge in [-0.05, 0) is 11.6 Å². The second kappa shape index (κ2) is 6.89. The second-order valence-corrected chi connectivity index (χ2v) is 6.84. The van der Waals surface area contributed by atoms with Crippen LogP contribution in [0.2, 0.25) is 0 Å². The van der Waals surface area contributed by atoms with Gasteiger partial charge in [-0.15, -0.1) is 0 Å². The molecule has 0 saturated carbocycles. The summed E-state index contributed by atoms with van der Waals surface area (Å²) in [4.78, 5) is 18.9. The molecule has 1 atom stereocenters. The molecule has 26 heavy (non-hydrogen) atoms. The number of fused-ring (bicyclic) bond motifs is 3. The van der Waals surface area contributed by atoms with E-state index in [1.54, 1.807) is 19.5 Å². The van der Waals surface area contributed by atoms with Crippen LogP contribution in [0.3, 0.4) is 0 Å². The number of aromatic nitrogens is 1. The second-order valence-electron chi connectivity index (χ2n) is 6.84. The Morgan fingerprint density at radius 1 is 1.38 bits per heavy atom. The van der Waals surface area contributed by atoms with E-state index in [2.05, 4.69) is 9.88 Å². The van der Waals surface area contributed by atoms with Crippen LogP contribution in [0, 0.1) is 0 Å². The summed E-state index contributed by atoms with van der Waals surface area (Å²) in [6.07, 6.45) is 5.66. The maximum atomic E-state index is 12.5. The predicted molar refractivity (Wildman–Crippen MR) is 93.6 cm³/mol. The number of methoxy groups -OCH3 is 2. The highest BCUT2D eigenvalue weighted by atomic mass is 16.5. The number of pyridine rings is 1. The monoisotopic (exact) mass is 360 g/mol. The number of carbonyl (C=O) groups is 1. The molecule has 0 aromatic carbocycles. The number of esters is 1. The van der Waals surface area contributed by atoms with E-state index in [4.69, 9.17) is 18.9 Å². The van der Waals surface area contributed by atoms with Crippen LogP contribution in [0.25, 0.3) is 5.70 Å². The molecule has 0 N–H and O–H groups in total. The van der Waals surface area contributed by atoms with Gasteiger partial charge in [0.25, 0.3) is 0 Å². The molecule has 4 heterocycles. The summed E-state index contributed by atoms with van der Waals surface area (Å²) in [5.74, 6) is 0.536. The first-order chi connectivity index (χ1) is 12.7. The number of carbonyl (C=O) groups excluding carboxylic acids is 1. The van der Waals surface area contributed by atoms with Gasteiger partial charge in [0, 0.05) is 44.7 Å². The number of hydrogen-bond donors (Lipinski definition) is 0. The highest BCUT2D eigenvalue weighted by Crippen LogP contribution is 2.51. The Kier molecular flexibility index (Phi) is 4.58. The van der Waals surface area contributed by atoms with Crippen LogP contribution in [0.5, 0.6) is 5.75 Å². The van der Waals surface area contributed by atoms with E-state index < -0.39 is 5.60 Å². The Bertz CT molecular complexity index is 726. The van der Waals surface area contributed by atoms with Gasteiger partial charge in [0.05, 0.1) is 38.8 Å². The summed E-state index contributed by atoms with van der Waals surface area (Å²) in [6, 6.07) is 1.60. The van der Waals surface area contributed by atoms with E-state index in [-0.39, 0.29) is 12.0 Å². The number of hydrogen-bond acceptors (Lipinski definition) is 7. The quantitative estimate of drug-likeness (QED) is 0.756. The Morgan fingerprint density at radius 3 is 2.92 bits per heavy atom. The van der Waals surface area contributed by atoms with E-state index in [1.807, 2.05) is 6.07 Å². The molecule has 1 fully saturated rings. The lowest BCUT2D eigenvalue weighted by molar-refractivity contribution is -0.145. The summed E-state index contributed by atoms with van der Waals surface area (Å²) in [6.45, 7) is 2.44. The normalized spacial score (nSPS) is 23.5. The minimum Gasteiger partial charge on any atom is -0.480 e. The van der Waals surface area contributed by atoms with Gasteiger partial charge < -0.3 is 23.8 Å². The van der Waals surface area contributed by atoms with E-state index >= 15 is 0 Å². The van der Waals surface area contributed by atoms with Crippen molar-refractivity contribution >= 4 is 11.7 Å². The molecule has 1 aromatic rings. The number of ether oxygens (including phenoxy) is 4. The highest BCUT2D eigenvalue weighted by Gasteiger charge is 2.51. The van der Waals surface area contributed by atoms with Gasteiger partial charge in [0.1, 0.15) is 17.4 Å². The lowest BCUT2D eigenvalue weighted by Gasteiger charge is -2.42. The first kappa shape index (κ1) is 17.3. The molecule has 0 radical (unpaired) electrons. The molecule has 1 aromatic heterocycles. The fourth-order valence-corrected chi connectivity index (χ4v) is 4.29. The van der Waals surface area contributed by atoms with Crippen LogP contribution in [0.1, 0.15) is 24.8 Å². The Labute approximate surface area is 152 Å². The molecule has 7 nitrogen and oxygen atoms in total. The van der Waals surface area contributed by atoms with Crippen LogP contribution in [0.4, 0.5) is 0 Å². The standard InChI is InChI=1S/C19H24N2O5/c1-23-10-7-21-15(18(22)24-2)11-14-17(21)13-3-6-20-12-16(13)26-19(14)4-8-25-9-5-19/h3,6,12,15H,4-5,7-11H2,1-2H3. The third-order valence-corrected chi connectivity index (χ3v) is 5.55. The molecule has 140 valence electrons. The third-order valence-electron chi connectivity index (χ3n) is 5.55. The minimum absolute atomic E-state index is 0.228. The average Bonchev–Trinajstić information content (AvgIpc) is 3.07. The molecular formula is C19H24N2O5. The Morgan fingerprint density at radius 2 is 2.19 bits per heavy atom. The molecule has 3 aliphatic rings. The first-order valence-electron chi connectivity index (χ1n) is 8.98. The molecule has 0 aliphatic carbocycles. The average molecular weight is 360 g/mol. The zero-order valence-corrected chi connectivity index (χ0v) is 15.2. The summed E-state index contributed by atoms with van der Waals surface area (Å²) in [7, 11) is 3.10. The number of rotatable bonds is 4. The molecule has 1 spiro atoms. The van der Waals surface area contributed by atoms with E-state index in [1.165, 1.54) is 12.7 Å². The molecule has 0 bridgehead atoms. The summed E-state index contributed by atoms with van der Waals surface area (Å²) < 4.78 is 22.4. The van der Waals surface area contributed by atoms with E-state index in [0.29, 0.717) is 32.8 Å². The zero-order valence-electron chi connectivity index (χ0n) is 15.2. The third kappa shape index (κ3) is 2.66. The van der Waals surface area contributed by atoms with Gasteiger partial charge in [0.2, 0.25) is 0 Å². The first-order valence-corrected chi connectivity index (χ1v) is 8.98. The van der Waals surface area contributed by atoms with Crippen LogP contribution >= 0.6 is 0 Å². The maximum absolute atomic E-state index is 12.5.